The molecule has 3 N–H and O–H groups in total. The van der Waals surface area contributed by atoms with Crippen molar-refractivity contribution in [3.8, 4) is 0 Å². The van der Waals surface area contributed by atoms with Crippen LogP contribution in [0.2, 0.25) is 0 Å². The molecular weight excluding hydrogens is 382 g/mol. The van der Waals surface area contributed by atoms with Crippen LogP contribution in [0.15, 0.2) is 60.7 Å². The van der Waals surface area contributed by atoms with Crippen LogP contribution in [-0.2, 0) is 32.0 Å². The van der Waals surface area contributed by atoms with E-state index in [1.807, 2.05) is 48.5 Å². The molecule has 0 amide bonds. The predicted octanol–water partition coefficient (Wildman–Crippen LogP) is 2.08. The van der Waals surface area contributed by atoms with E-state index in [9.17, 15) is 5.11 Å². The summed E-state index contributed by atoms with van der Waals surface area (Å²) < 4.78 is 24.9. The second kappa shape index (κ2) is 10.5. The van der Waals surface area contributed by atoms with Gasteiger partial charge in [0.2, 0.25) is 0 Å². The first kappa shape index (κ1) is 21.4. The Balaban J connectivity index is 1.47. The molecule has 162 valence electrons. The summed E-state index contributed by atoms with van der Waals surface area (Å²) in [6, 6.07) is 20.2. The molecule has 6 nitrogen and oxygen atoms in total. The number of hydrogen-bond donors (Lipinski definition) is 2. The number of nitrogens with two attached hydrogens (primary N) is 1. The van der Waals surface area contributed by atoms with Gasteiger partial charge in [0.25, 0.3) is 0 Å². The van der Waals surface area contributed by atoms with Gasteiger partial charge in [0.1, 0.15) is 24.4 Å². The van der Waals surface area contributed by atoms with Crippen molar-refractivity contribution >= 4 is 0 Å². The van der Waals surface area contributed by atoms with Crippen LogP contribution in [-0.4, -0.2) is 61.5 Å². The topological polar surface area (TPSA) is 83.2 Å². The minimum Gasteiger partial charge on any atom is -0.394 e. The van der Waals surface area contributed by atoms with Gasteiger partial charge in [0, 0.05) is 13.0 Å². The smallest absolute Gasteiger partial charge is 0.115 e. The van der Waals surface area contributed by atoms with Gasteiger partial charge in [-0.1, -0.05) is 60.7 Å². The lowest BCUT2D eigenvalue weighted by atomic mass is 9.94. The molecule has 0 spiro atoms. The lowest BCUT2D eigenvalue weighted by Crippen LogP contribution is -2.59. The van der Waals surface area contributed by atoms with Gasteiger partial charge in [-0.15, -0.1) is 0 Å². The van der Waals surface area contributed by atoms with Gasteiger partial charge in [-0.05, 0) is 17.5 Å². The average Bonchev–Trinajstić information content (AvgIpc) is 3.22. The third kappa shape index (κ3) is 5.09. The van der Waals surface area contributed by atoms with Gasteiger partial charge < -0.3 is 29.8 Å². The highest BCUT2D eigenvalue weighted by molar-refractivity contribution is 5.15. The fourth-order valence-electron chi connectivity index (χ4n) is 4.30. The minimum atomic E-state index is -0.456. The highest BCUT2D eigenvalue weighted by Crippen LogP contribution is 2.36. The van der Waals surface area contributed by atoms with Crippen molar-refractivity contribution in [2.24, 2.45) is 5.73 Å². The Hall–Kier alpha value is -1.80. The van der Waals surface area contributed by atoms with E-state index in [0.717, 1.165) is 12.0 Å². The molecule has 4 rings (SSSR count). The Morgan fingerprint density at radius 2 is 1.60 bits per heavy atom. The first-order valence-corrected chi connectivity index (χ1v) is 10.7. The Morgan fingerprint density at radius 3 is 2.27 bits per heavy atom. The van der Waals surface area contributed by atoms with Gasteiger partial charge in [0.05, 0.1) is 32.0 Å². The van der Waals surface area contributed by atoms with Crippen molar-refractivity contribution < 1.29 is 24.1 Å². The molecule has 2 heterocycles. The maximum atomic E-state index is 10.00. The minimum absolute atomic E-state index is 0.0646. The number of aliphatic hydroxyl groups excluding tert-OH is 1. The van der Waals surface area contributed by atoms with Crippen LogP contribution in [0, 0.1) is 0 Å². The standard InChI is InChI=1S/C24H31NO5/c25-14-19-13-20-23(29-19)24(28-16-18-9-5-2-6-10-18)22(21(15-26)30-20)27-12-11-17-7-3-1-4-8-17/h1-10,19-24,26H,11-16,25H2/t19?,20-,21-,22-,23+,24+/m1/s1. The highest BCUT2D eigenvalue weighted by Gasteiger charge is 2.52. The first-order chi connectivity index (χ1) is 14.8. The second-order valence-corrected chi connectivity index (χ2v) is 7.92. The molecule has 30 heavy (non-hydrogen) atoms. The number of ether oxygens (including phenoxy) is 4. The number of hydrogen-bond acceptors (Lipinski definition) is 6. The van der Waals surface area contributed by atoms with Crippen LogP contribution in [0.3, 0.4) is 0 Å². The lowest BCUT2D eigenvalue weighted by Gasteiger charge is -2.43. The normalized spacial score (nSPS) is 30.9. The lowest BCUT2D eigenvalue weighted by molar-refractivity contribution is -0.246. The number of aliphatic hydroxyl groups is 1. The van der Waals surface area contributed by atoms with Crippen LogP contribution in [0.4, 0.5) is 0 Å². The van der Waals surface area contributed by atoms with E-state index in [4.69, 9.17) is 24.7 Å². The van der Waals surface area contributed by atoms with Crippen molar-refractivity contribution in [1.82, 2.24) is 0 Å². The molecule has 1 unspecified atom stereocenters. The predicted molar refractivity (Wildman–Crippen MR) is 113 cm³/mol. The second-order valence-electron chi connectivity index (χ2n) is 7.92. The number of fused-ring (bicyclic) bond motifs is 1. The molecule has 2 saturated heterocycles. The van der Waals surface area contributed by atoms with Crippen LogP contribution in [0.5, 0.6) is 0 Å². The summed E-state index contributed by atoms with van der Waals surface area (Å²) in [6.07, 6.45) is -0.194. The van der Waals surface area contributed by atoms with E-state index in [-0.39, 0.29) is 31.0 Å². The molecule has 0 radical (unpaired) electrons. The van der Waals surface area contributed by atoms with Gasteiger partial charge in [-0.2, -0.15) is 0 Å². The van der Waals surface area contributed by atoms with Crippen molar-refractivity contribution in [1.29, 1.82) is 0 Å². The summed E-state index contributed by atoms with van der Waals surface area (Å²) in [5.74, 6) is 0. The molecule has 2 aliphatic heterocycles. The Bertz CT molecular complexity index is 759. The van der Waals surface area contributed by atoms with Crippen molar-refractivity contribution in [2.45, 2.75) is 56.1 Å². The maximum absolute atomic E-state index is 10.00. The molecule has 6 atom stereocenters. The van der Waals surface area contributed by atoms with E-state index < -0.39 is 12.2 Å². The van der Waals surface area contributed by atoms with Gasteiger partial charge >= 0.3 is 0 Å². The zero-order chi connectivity index (χ0) is 20.8. The van der Waals surface area contributed by atoms with E-state index in [2.05, 4.69) is 12.1 Å². The molecule has 2 fully saturated rings. The van der Waals surface area contributed by atoms with E-state index in [0.29, 0.717) is 26.2 Å². The van der Waals surface area contributed by atoms with Gasteiger partial charge in [-0.25, -0.2) is 0 Å². The van der Waals surface area contributed by atoms with Crippen LogP contribution in [0.1, 0.15) is 17.5 Å². The van der Waals surface area contributed by atoms with Crippen LogP contribution < -0.4 is 5.73 Å². The molecule has 0 aliphatic carbocycles. The fraction of sp³-hybridized carbons (Fsp3) is 0.500. The molecule has 2 aliphatic rings. The quantitative estimate of drug-likeness (QED) is 0.655. The van der Waals surface area contributed by atoms with Crippen LogP contribution in [0.25, 0.3) is 0 Å². The Morgan fingerprint density at radius 1 is 0.900 bits per heavy atom. The van der Waals surface area contributed by atoms with E-state index in [1.54, 1.807) is 0 Å². The maximum Gasteiger partial charge on any atom is 0.115 e. The first-order valence-electron chi connectivity index (χ1n) is 10.7. The number of benzene rings is 2. The van der Waals surface area contributed by atoms with Crippen molar-refractivity contribution in [3.05, 3.63) is 71.8 Å². The summed E-state index contributed by atoms with van der Waals surface area (Å²) in [5.41, 5.74) is 8.13. The largest absolute Gasteiger partial charge is 0.394 e. The Kier molecular flexibility index (Phi) is 7.49. The SMILES string of the molecule is NCC1C[C@H]2O[C@H](CO)[C@@H](OCCc3ccccc3)[C@H](OCc3ccccc3)[C@H]2O1. The summed E-state index contributed by atoms with van der Waals surface area (Å²) in [7, 11) is 0. The molecule has 2 aromatic rings. The van der Waals surface area contributed by atoms with Crippen LogP contribution >= 0.6 is 0 Å². The van der Waals surface area contributed by atoms with Crippen molar-refractivity contribution in [2.75, 3.05) is 19.8 Å². The molecule has 0 saturated carbocycles. The fourth-order valence-corrected chi connectivity index (χ4v) is 4.30. The molecular formula is C24H31NO5. The third-order valence-electron chi connectivity index (χ3n) is 5.85. The van der Waals surface area contributed by atoms with Gasteiger partial charge in [0.15, 0.2) is 0 Å². The van der Waals surface area contributed by atoms with Crippen molar-refractivity contribution in [3.63, 3.8) is 0 Å². The summed E-state index contributed by atoms with van der Waals surface area (Å²) in [6.45, 7) is 1.27. The van der Waals surface area contributed by atoms with E-state index >= 15 is 0 Å². The average molecular weight is 414 g/mol. The Labute approximate surface area is 177 Å². The third-order valence-corrected chi connectivity index (χ3v) is 5.85. The van der Waals surface area contributed by atoms with Gasteiger partial charge in [-0.3, -0.25) is 0 Å². The summed E-state index contributed by atoms with van der Waals surface area (Å²) in [5, 5.41) is 10.00. The molecule has 6 heteroatoms. The summed E-state index contributed by atoms with van der Waals surface area (Å²) >= 11 is 0. The zero-order valence-electron chi connectivity index (χ0n) is 17.1. The molecule has 2 aromatic carbocycles. The van der Waals surface area contributed by atoms with E-state index in [1.165, 1.54) is 5.56 Å². The zero-order valence-corrected chi connectivity index (χ0v) is 17.1. The summed E-state index contributed by atoms with van der Waals surface area (Å²) in [4.78, 5) is 0. The monoisotopic (exact) mass is 413 g/mol. The number of rotatable bonds is 9. The highest BCUT2D eigenvalue weighted by atomic mass is 16.6. The molecule has 0 bridgehead atoms. The molecule has 0 aromatic heterocycles.